The van der Waals surface area contributed by atoms with Crippen LogP contribution in [0.1, 0.15) is 86.5 Å². The van der Waals surface area contributed by atoms with E-state index in [1.165, 1.54) is 10.7 Å². The molecule has 224 valence electrons. The number of alkyl carbamates (subject to hydrolysis) is 1. The molecule has 1 aliphatic carbocycles. The number of rotatable bonds is 6. The van der Waals surface area contributed by atoms with Gasteiger partial charge in [-0.3, -0.25) is 4.79 Å². The van der Waals surface area contributed by atoms with Crippen LogP contribution >= 0.6 is 0 Å². The van der Waals surface area contributed by atoms with Crippen molar-refractivity contribution in [3.63, 3.8) is 0 Å². The van der Waals surface area contributed by atoms with E-state index in [1.807, 2.05) is 0 Å². The first kappa shape index (κ1) is 30.2. The molecule has 2 amide bonds. The van der Waals surface area contributed by atoms with Crippen LogP contribution < -0.4 is 16.8 Å². The smallest absolute Gasteiger partial charge is 0.408 e. The number of alkyl halides is 2. The summed E-state index contributed by atoms with van der Waals surface area (Å²) in [4.78, 5) is 34.9. The molecular weight excluding hydrogens is 544 g/mol. The van der Waals surface area contributed by atoms with Crippen molar-refractivity contribution in [1.82, 2.24) is 46.7 Å². The molecule has 0 radical (unpaired) electrons. The summed E-state index contributed by atoms with van der Waals surface area (Å²) in [5.41, 5.74) is -0.514. The first-order chi connectivity index (χ1) is 18.8. The van der Waals surface area contributed by atoms with Crippen molar-refractivity contribution in [3.05, 3.63) is 35.2 Å². The van der Waals surface area contributed by atoms with Crippen LogP contribution in [-0.4, -0.2) is 66.6 Å². The second kappa shape index (κ2) is 11.2. The van der Waals surface area contributed by atoms with Gasteiger partial charge in [0.25, 0.3) is 11.7 Å². The Bertz CT molecular complexity index is 1390. The summed E-state index contributed by atoms with van der Waals surface area (Å²) in [6, 6.07) is -0.713. The van der Waals surface area contributed by atoms with Crippen LogP contribution in [-0.2, 0) is 15.0 Å². The third kappa shape index (κ3) is 6.59. The zero-order chi connectivity index (χ0) is 28.7. The van der Waals surface area contributed by atoms with Crippen molar-refractivity contribution >= 4 is 17.8 Å². The Morgan fingerprint density at radius 2 is 1.90 bits per heavy atom. The Labute approximate surface area is 234 Å². The number of hydrogen-bond donors (Lipinski definition) is 3. The van der Waals surface area contributed by atoms with Crippen LogP contribution in [0.2, 0.25) is 0 Å². The second-order valence-electron chi connectivity index (χ2n) is 11.4. The zero-order valence-corrected chi connectivity index (χ0v) is 23.4. The van der Waals surface area contributed by atoms with Crippen LogP contribution in [0, 0.1) is 12.8 Å². The lowest BCUT2D eigenvalue weighted by molar-refractivity contribution is -0.0495. The minimum atomic E-state index is -2.74. The maximum atomic E-state index is 14.0. The number of nitrogens with one attached hydrogen (secondary N) is 2. The molecule has 2 atom stereocenters. The zero-order valence-electron chi connectivity index (χ0n) is 23.4. The van der Waals surface area contributed by atoms with E-state index in [1.54, 1.807) is 33.9 Å². The Morgan fingerprint density at radius 3 is 2.51 bits per heavy atom. The number of aryl methyl sites for hydroxylation is 1. The fraction of sp³-hybridized carbons (Fsp3) is 0.640. The van der Waals surface area contributed by atoms with Gasteiger partial charge in [-0.2, -0.15) is 5.10 Å². The number of carbonyl (C=O) groups excluding carboxylic acids is 2. The number of fused-ring (bicyclic) bond motifs is 1. The standard InChI is InChI=1S/C25H32F2N8O5.H3N/c1-14-18(34-40-33-14)20(36)31-19(15-5-7-25(26,27)8-6-15)16-12-35-21(29-16)30-17(11-28-35)24(9-10-38-13-24)32-22(37)39-23(2,3)4;/h11-12,15,19H,5-10,13H2,1-4H3,(H,31,36)(H,32,37);1H3/t19-,24?;/m0./s1. The van der Waals surface area contributed by atoms with Gasteiger partial charge in [0.15, 0.2) is 5.69 Å². The summed E-state index contributed by atoms with van der Waals surface area (Å²) in [6.45, 7) is 7.46. The summed E-state index contributed by atoms with van der Waals surface area (Å²) in [5.74, 6) is -3.39. The Morgan fingerprint density at radius 1 is 1.17 bits per heavy atom. The summed E-state index contributed by atoms with van der Waals surface area (Å²) in [6.07, 6.45) is 2.76. The van der Waals surface area contributed by atoms with Crippen LogP contribution in [0.15, 0.2) is 17.0 Å². The van der Waals surface area contributed by atoms with Crippen molar-refractivity contribution < 1.29 is 32.5 Å². The topological polar surface area (TPSA) is 194 Å². The average Bonchev–Trinajstić information content (AvgIpc) is 3.61. The Kier molecular flexibility index (Phi) is 8.27. The van der Waals surface area contributed by atoms with Crippen LogP contribution in [0.4, 0.5) is 13.6 Å². The molecular formula is C25H35F2N9O5. The van der Waals surface area contributed by atoms with Crippen molar-refractivity contribution in [2.45, 2.75) is 82.9 Å². The molecule has 2 aliphatic rings. The van der Waals surface area contributed by atoms with Gasteiger partial charge in [0.05, 0.1) is 36.4 Å². The van der Waals surface area contributed by atoms with Gasteiger partial charge in [-0.1, -0.05) is 5.16 Å². The SMILES string of the molecule is Cc1nonc1C(=O)N[C@H](c1cn2ncc(C3(NC(=O)OC(C)(C)C)CCOC3)nc2n1)C1CCC(F)(F)CC1.N. The van der Waals surface area contributed by atoms with Gasteiger partial charge >= 0.3 is 6.09 Å². The van der Waals surface area contributed by atoms with Gasteiger partial charge in [0.2, 0.25) is 5.92 Å². The van der Waals surface area contributed by atoms with Gasteiger partial charge in [0, 0.05) is 25.9 Å². The number of amides is 2. The second-order valence-corrected chi connectivity index (χ2v) is 11.4. The van der Waals surface area contributed by atoms with E-state index in [2.05, 4.69) is 40.6 Å². The number of carbonyl (C=O) groups is 2. The molecule has 4 heterocycles. The summed E-state index contributed by atoms with van der Waals surface area (Å²) in [7, 11) is 0. The van der Waals surface area contributed by atoms with Gasteiger partial charge in [-0.05, 0) is 51.6 Å². The minimum absolute atomic E-state index is 0. The lowest BCUT2D eigenvalue weighted by Crippen LogP contribution is -2.49. The fourth-order valence-corrected chi connectivity index (χ4v) is 5.08. The summed E-state index contributed by atoms with van der Waals surface area (Å²) >= 11 is 0. The largest absolute Gasteiger partial charge is 0.444 e. The molecule has 1 saturated carbocycles. The average molecular weight is 580 g/mol. The minimum Gasteiger partial charge on any atom is -0.444 e. The van der Waals surface area contributed by atoms with Gasteiger partial charge in [-0.25, -0.2) is 32.7 Å². The third-order valence-corrected chi connectivity index (χ3v) is 7.17. The molecule has 1 saturated heterocycles. The maximum Gasteiger partial charge on any atom is 0.408 e. The quantitative estimate of drug-likeness (QED) is 0.387. The number of hydrogen-bond acceptors (Lipinski definition) is 11. The van der Waals surface area contributed by atoms with E-state index < -0.39 is 35.1 Å². The number of aromatic nitrogens is 6. The first-order valence-corrected chi connectivity index (χ1v) is 13.1. The number of halogens is 2. The first-order valence-electron chi connectivity index (χ1n) is 13.1. The van der Waals surface area contributed by atoms with E-state index >= 15 is 0 Å². The highest BCUT2D eigenvalue weighted by Gasteiger charge is 2.42. The molecule has 1 aliphatic heterocycles. The highest BCUT2D eigenvalue weighted by Crippen LogP contribution is 2.41. The van der Waals surface area contributed by atoms with Crippen molar-refractivity contribution in [2.24, 2.45) is 5.92 Å². The molecule has 2 fully saturated rings. The third-order valence-electron chi connectivity index (χ3n) is 7.17. The highest BCUT2D eigenvalue weighted by molar-refractivity contribution is 5.93. The van der Waals surface area contributed by atoms with Crippen molar-refractivity contribution in [2.75, 3.05) is 13.2 Å². The molecule has 0 aromatic carbocycles. The molecule has 5 rings (SSSR count). The normalized spacial score (nSPS) is 21.7. The number of ether oxygens (including phenoxy) is 2. The lowest BCUT2D eigenvalue weighted by atomic mass is 9.81. The van der Waals surface area contributed by atoms with E-state index in [0.717, 1.165) is 0 Å². The Hall–Kier alpha value is -3.79. The monoisotopic (exact) mass is 579 g/mol. The molecule has 41 heavy (non-hydrogen) atoms. The van der Waals surface area contributed by atoms with Crippen molar-refractivity contribution in [3.8, 4) is 0 Å². The molecule has 3 aromatic rings. The molecule has 0 bridgehead atoms. The van der Waals surface area contributed by atoms with Crippen molar-refractivity contribution in [1.29, 1.82) is 0 Å². The van der Waals surface area contributed by atoms with Gasteiger partial charge in [-0.15, -0.1) is 0 Å². The van der Waals surface area contributed by atoms with Crippen LogP contribution in [0.5, 0.6) is 0 Å². The summed E-state index contributed by atoms with van der Waals surface area (Å²) < 4.78 is 45.0. The fourth-order valence-electron chi connectivity index (χ4n) is 5.08. The molecule has 16 heteroatoms. The van der Waals surface area contributed by atoms with Gasteiger partial charge in [0.1, 0.15) is 16.8 Å². The number of nitrogens with zero attached hydrogens (tertiary/aromatic N) is 6. The number of imidazole rings is 1. The molecule has 5 N–H and O–H groups in total. The van der Waals surface area contributed by atoms with E-state index in [9.17, 15) is 18.4 Å². The highest BCUT2D eigenvalue weighted by atomic mass is 19.3. The predicted octanol–water partition coefficient (Wildman–Crippen LogP) is 3.41. The van der Waals surface area contributed by atoms with Crippen LogP contribution in [0.3, 0.4) is 0 Å². The molecule has 14 nitrogen and oxygen atoms in total. The Balaban J connectivity index is 0.00000387. The van der Waals surface area contributed by atoms with Crippen LogP contribution in [0.25, 0.3) is 5.78 Å². The molecule has 0 spiro atoms. The summed E-state index contributed by atoms with van der Waals surface area (Å²) in [5, 5.41) is 17.5. The van der Waals surface area contributed by atoms with E-state index in [4.69, 9.17) is 9.47 Å². The van der Waals surface area contributed by atoms with E-state index in [-0.39, 0.29) is 55.8 Å². The van der Waals surface area contributed by atoms with Gasteiger partial charge < -0.3 is 26.3 Å². The lowest BCUT2D eigenvalue weighted by Gasteiger charge is -2.33. The molecule has 3 aromatic heterocycles. The van der Waals surface area contributed by atoms with E-state index in [0.29, 0.717) is 30.1 Å². The predicted molar refractivity (Wildman–Crippen MR) is 138 cm³/mol. The molecule has 1 unspecified atom stereocenters. The maximum absolute atomic E-state index is 14.0.